The molecule has 0 saturated carbocycles. The lowest BCUT2D eigenvalue weighted by molar-refractivity contribution is 0.0788. The number of fused-ring (bicyclic) bond motifs is 1. The van der Waals surface area contributed by atoms with Crippen LogP contribution in [0.5, 0.6) is 0 Å². The summed E-state index contributed by atoms with van der Waals surface area (Å²) in [7, 11) is 0. The molecule has 1 fully saturated rings. The maximum Gasteiger partial charge on any atom is 0.253 e. The summed E-state index contributed by atoms with van der Waals surface area (Å²) >= 11 is 0. The fourth-order valence-electron chi connectivity index (χ4n) is 3.78. The molecule has 0 spiro atoms. The van der Waals surface area contributed by atoms with E-state index in [-0.39, 0.29) is 17.8 Å². The minimum atomic E-state index is -0.350. The van der Waals surface area contributed by atoms with E-state index >= 15 is 0 Å². The lowest BCUT2D eigenvalue weighted by atomic mass is 10.2. The number of nitrogens with zero attached hydrogens (tertiary/aromatic N) is 4. The van der Waals surface area contributed by atoms with Crippen molar-refractivity contribution in [2.24, 2.45) is 0 Å². The zero-order valence-corrected chi connectivity index (χ0v) is 15.0. The fraction of sp³-hybridized carbons (Fsp3) is 0.190. The van der Waals surface area contributed by atoms with Crippen LogP contribution in [0.25, 0.3) is 22.6 Å². The molecule has 1 saturated heterocycles. The van der Waals surface area contributed by atoms with Crippen LogP contribution in [0.15, 0.2) is 65.6 Å². The largest absolute Gasteiger partial charge is 0.472 e. The predicted octanol–water partition coefficient (Wildman–Crippen LogP) is 3.92. The second kappa shape index (κ2) is 6.60. The first-order chi connectivity index (χ1) is 13.7. The lowest BCUT2D eigenvalue weighted by Gasteiger charge is -2.18. The van der Waals surface area contributed by atoms with Crippen LogP contribution in [-0.2, 0) is 0 Å². The summed E-state index contributed by atoms with van der Waals surface area (Å²) in [5.74, 6) is 0.338. The molecule has 5 rings (SSSR count). The Bertz CT molecular complexity index is 1140. The molecule has 4 aromatic rings. The van der Waals surface area contributed by atoms with E-state index in [1.807, 2.05) is 18.2 Å². The molecule has 1 atom stereocenters. The van der Waals surface area contributed by atoms with E-state index in [0.717, 1.165) is 29.0 Å². The molecule has 1 amide bonds. The lowest BCUT2D eigenvalue weighted by Crippen LogP contribution is -2.29. The summed E-state index contributed by atoms with van der Waals surface area (Å²) in [5, 5.41) is 0. The molecule has 1 aliphatic heterocycles. The number of likely N-dealkylation sites (tertiary alicyclic amines) is 1. The second-order valence-corrected chi connectivity index (χ2v) is 6.86. The van der Waals surface area contributed by atoms with Gasteiger partial charge in [-0.1, -0.05) is 0 Å². The number of halogens is 1. The van der Waals surface area contributed by atoms with Crippen molar-refractivity contribution in [2.45, 2.75) is 12.5 Å². The van der Waals surface area contributed by atoms with Crippen LogP contribution >= 0.6 is 0 Å². The number of hydrogen-bond donors (Lipinski definition) is 0. The summed E-state index contributed by atoms with van der Waals surface area (Å²) in [6, 6.07) is 11.4. The van der Waals surface area contributed by atoms with E-state index < -0.39 is 0 Å². The van der Waals surface area contributed by atoms with E-state index in [4.69, 9.17) is 9.40 Å². The van der Waals surface area contributed by atoms with Crippen molar-refractivity contribution in [1.82, 2.24) is 19.4 Å². The first-order valence-corrected chi connectivity index (χ1v) is 9.11. The Hall–Kier alpha value is -3.48. The average molecular weight is 376 g/mol. The minimum Gasteiger partial charge on any atom is -0.472 e. The van der Waals surface area contributed by atoms with Gasteiger partial charge in [0.15, 0.2) is 5.65 Å². The maximum atomic E-state index is 13.2. The number of carbonyl (C=O) groups excluding carboxylic acids is 1. The number of rotatable bonds is 3. The molecule has 28 heavy (non-hydrogen) atoms. The number of benzene rings is 1. The highest BCUT2D eigenvalue weighted by molar-refractivity contribution is 5.94. The number of imidazole rings is 1. The van der Waals surface area contributed by atoms with Crippen LogP contribution in [0.1, 0.15) is 22.8 Å². The Morgan fingerprint density at radius 1 is 1.18 bits per heavy atom. The molecule has 0 radical (unpaired) electrons. The van der Waals surface area contributed by atoms with Crippen molar-refractivity contribution >= 4 is 17.1 Å². The summed E-state index contributed by atoms with van der Waals surface area (Å²) in [6.07, 6.45) is 5.81. The molecule has 4 heterocycles. The maximum absolute atomic E-state index is 13.2. The SMILES string of the molecule is O=C(c1ccc(F)cc1)N1CCC(n2c(-c3ccoc3)nc3cccnc32)C1. The second-order valence-electron chi connectivity index (χ2n) is 6.86. The smallest absolute Gasteiger partial charge is 0.253 e. The molecule has 140 valence electrons. The summed E-state index contributed by atoms with van der Waals surface area (Å²) in [5.41, 5.74) is 2.97. The topological polar surface area (TPSA) is 64.2 Å². The first-order valence-electron chi connectivity index (χ1n) is 9.11. The fourth-order valence-corrected chi connectivity index (χ4v) is 3.78. The van der Waals surface area contributed by atoms with E-state index in [0.29, 0.717) is 18.7 Å². The molecular weight excluding hydrogens is 359 g/mol. The Morgan fingerprint density at radius 3 is 2.82 bits per heavy atom. The minimum absolute atomic E-state index is 0.0502. The van der Waals surface area contributed by atoms with Gasteiger partial charge in [0.1, 0.15) is 23.4 Å². The van der Waals surface area contributed by atoms with Crippen LogP contribution < -0.4 is 0 Å². The van der Waals surface area contributed by atoms with Crippen LogP contribution in [0.2, 0.25) is 0 Å². The van der Waals surface area contributed by atoms with Crippen molar-refractivity contribution in [1.29, 1.82) is 0 Å². The van der Waals surface area contributed by atoms with Gasteiger partial charge >= 0.3 is 0 Å². The standard InChI is InChI=1S/C21H17FN4O2/c22-16-5-3-14(4-6-16)21(27)25-10-7-17(12-25)26-19(15-8-11-28-13-15)24-18-2-1-9-23-20(18)26/h1-6,8-9,11,13,17H,7,10,12H2. The highest BCUT2D eigenvalue weighted by Gasteiger charge is 2.31. The van der Waals surface area contributed by atoms with Crippen molar-refractivity contribution < 1.29 is 13.6 Å². The monoisotopic (exact) mass is 376 g/mol. The third-order valence-electron chi connectivity index (χ3n) is 5.14. The van der Waals surface area contributed by atoms with Gasteiger partial charge < -0.3 is 13.9 Å². The highest BCUT2D eigenvalue weighted by Crippen LogP contribution is 2.32. The molecule has 1 unspecified atom stereocenters. The summed E-state index contributed by atoms with van der Waals surface area (Å²) in [6.45, 7) is 1.17. The van der Waals surface area contributed by atoms with Crippen molar-refractivity contribution in [3.05, 3.63) is 72.6 Å². The summed E-state index contributed by atoms with van der Waals surface area (Å²) < 4.78 is 20.5. The van der Waals surface area contributed by atoms with Gasteiger partial charge in [-0.15, -0.1) is 0 Å². The van der Waals surface area contributed by atoms with E-state index in [9.17, 15) is 9.18 Å². The third kappa shape index (κ3) is 2.76. The van der Waals surface area contributed by atoms with Gasteiger partial charge in [0.05, 0.1) is 17.9 Å². The van der Waals surface area contributed by atoms with Gasteiger partial charge in [-0.3, -0.25) is 4.79 Å². The molecule has 3 aromatic heterocycles. The zero-order valence-electron chi connectivity index (χ0n) is 15.0. The quantitative estimate of drug-likeness (QED) is 0.544. The molecular formula is C21H17FN4O2. The van der Waals surface area contributed by atoms with E-state index in [1.165, 1.54) is 24.3 Å². The van der Waals surface area contributed by atoms with Crippen LogP contribution in [0, 0.1) is 5.82 Å². The molecule has 6 nitrogen and oxygen atoms in total. The Kier molecular flexibility index (Phi) is 3.93. The van der Waals surface area contributed by atoms with Crippen molar-refractivity contribution in [3.8, 4) is 11.4 Å². The Labute approximate surface area is 160 Å². The molecule has 7 heteroatoms. The average Bonchev–Trinajstić information content (AvgIpc) is 3.46. The number of pyridine rings is 1. The summed E-state index contributed by atoms with van der Waals surface area (Å²) in [4.78, 5) is 23.8. The highest BCUT2D eigenvalue weighted by atomic mass is 19.1. The predicted molar refractivity (Wildman–Crippen MR) is 101 cm³/mol. The van der Waals surface area contributed by atoms with E-state index in [1.54, 1.807) is 23.6 Å². The zero-order chi connectivity index (χ0) is 19.1. The van der Waals surface area contributed by atoms with Crippen LogP contribution in [-0.4, -0.2) is 38.4 Å². The Balaban J connectivity index is 1.49. The normalized spacial score (nSPS) is 16.8. The van der Waals surface area contributed by atoms with Gasteiger partial charge in [0, 0.05) is 24.8 Å². The van der Waals surface area contributed by atoms with Crippen LogP contribution in [0.4, 0.5) is 4.39 Å². The molecule has 0 N–H and O–H groups in total. The van der Waals surface area contributed by atoms with Gasteiger partial charge in [-0.05, 0) is 48.9 Å². The number of furan rings is 1. The van der Waals surface area contributed by atoms with Gasteiger partial charge in [-0.25, -0.2) is 14.4 Å². The number of hydrogen-bond acceptors (Lipinski definition) is 4. The molecule has 0 aliphatic carbocycles. The van der Waals surface area contributed by atoms with Gasteiger partial charge in [0.25, 0.3) is 5.91 Å². The molecule has 0 bridgehead atoms. The number of amides is 1. The van der Waals surface area contributed by atoms with E-state index in [2.05, 4.69) is 9.55 Å². The van der Waals surface area contributed by atoms with Crippen LogP contribution in [0.3, 0.4) is 0 Å². The Morgan fingerprint density at radius 2 is 2.04 bits per heavy atom. The molecule has 1 aromatic carbocycles. The number of aromatic nitrogens is 3. The third-order valence-corrected chi connectivity index (χ3v) is 5.14. The van der Waals surface area contributed by atoms with Crippen molar-refractivity contribution in [3.63, 3.8) is 0 Å². The molecule has 1 aliphatic rings. The van der Waals surface area contributed by atoms with Crippen molar-refractivity contribution in [2.75, 3.05) is 13.1 Å². The van der Waals surface area contributed by atoms with Gasteiger partial charge in [-0.2, -0.15) is 0 Å². The van der Waals surface area contributed by atoms with Gasteiger partial charge in [0.2, 0.25) is 0 Å². The first kappa shape index (κ1) is 16.7. The number of carbonyl (C=O) groups is 1.